The number of nitrogens with zero attached hydrogens (tertiary/aromatic N) is 1. The van der Waals surface area contributed by atoms with Gasteiger partial charge in [0.05, 0.1) is 10.9 Å². The van der Waals surface area contributed by atoms with Crippen LogP contribution in [0.4, 0.5) is 0 Å². The number of hydrogen-bond acceptors (Lipinski definition) is 2. The molecule has 1 aromatic rings. The Labute approximate surface area is 99.2 Å². The molecule has 0 aliphatic heterocycles. The fourth-order valence-electron chi connectivity index (χ4n) is 1.11. The van der Waals surface area contributed by atoms with Gasteiger partial charge < -0.3 is 4.90 Å². The Morgan fingerprint density at radius 3 is 2.67 bits per heavy atom. The molecule has 0 fully saturated rings. The van der Waals surface area contributed by atoms with E-state index in [1.807, 2.05) is 26.0 Å². The van der Waals surface area contributed by atoms with Crippen molar-refractivity contribution in [2.24, 2.45) is 0 Å². The van der Waals surface area contributed by atoms with Gasteiger partial charge in [0, 0.05) is 18.0 Å². The lowest BCUT2D eigenvalue weighted by Gasteiger charge is -2.13. The number of likely N-dealkylation sites (N-methyl/N-ethyl adjacent to an activating group) is 1. The number of carbonyl (C=O) groups is 1. The first-order valence-electron chi connectivity index (χ1n) is 4.63. The lowest BCUT2D eigenvalue weighted by molar-refractivity contribution is -0.125. The van der Waals surface area contributed by atoms with E-state index in [0.29, 0.717) is 6.54 Å². The zero-order valence-electron chi connectivity index (χ0n) is 9.08. The molecule has 0 aliphatic rings. The second-order valence-electron chi connectivity index (χ2n) is 3.62. The zero-order chi connectivity index (χ0) is 11.4. The van der Waals surface area contributed by atoms with Crippen molar-refractivity contribution in [3.8, 4) is 0 Å². The molecule has 4 heteroatoms. The molecule has 0 saturated heterocycles. The molecule has 0 aliphatic carbocycles. The summed E-state index contributed by atoms with van der Waals surface area (Å²) in [5, 5.41) is 0. The van der Waals surface area contributed by atoms with E-state index >= 15 is 0 Å². The van der Waals surface area contributed by atoms with Gasteiger partial charge >= 0.3 is 0 Å². The second kappa shape index (κ2) is 5.33. The van der Waals surface area contributed by atoms with Gasteiger partial charge in [-0.15, -0.1) is 11.3 Å². The highest BCUT2D eigenvalue weighted by molar-refractivity contribution is 7.16. The molecular formula is C11H14ClNOS. The van der Waals surface area contributed by atoms with E-state index in [1.54, 1.807) is 18.0 Å². The Kier molecular flexibility index (Phi) is 4.36. The molecule has 1 rings (SSSR count). The highest BCUT2D eigenvalue weighted by Crippen LogP contribution is 2.22. The van der Waals surface area contributed by atoms with Gasteiger partial charge in [0.25, 0.3) is 0 Å². The minimum absolute atomic E-state index is 0.0273. The Balaban J connectivity index is 2.59. The molecule has 0 bridgehead atoms. The molecule has 2 nitrogen and oxygen atoms in total. The minimum atomic E-state index is 0.0273. The van der Waals surface area contributed by atoms with Gasteiger partial charge in [-0.05, 0) is 26.0 Å². The van der Waals surface area contributed by atoms with Crippen LogP contribution in [0.5, 0.6) is 0 Å². The lowest BCUT2D eigenvalue weighted by Crippen LogP contribution is -2.23. The molecule has 1 aromatic heterocycles. The first-order chi connectivity index (χ1) is 6.99. The molecule has 1 heterocycles. The van der Waals surface area contributed by atoms with Crippen molar-refractivity contribution >= 4 is 28.8 Å². The average molecular weight is 244 g/mol. The summed E-state index contributed by atoms with van der Waals surface area (Å²) in [6.45, 7) is 4.43. The largest absolute Gasteiger partial charge is 0.337 e. The molecule has 0 saturated carbocycles. The third-order valence-electron chi connectivity index (χ3n) is 1.81. The Bertz CT molecular complexity index is 380. The Morgan fingerprint density at radius 1 is 1.53 bits per heavy atom. The maximum atomic E-state index is 11.6. The highest BCUT2D eigenvalue weighted by atomic mass is 35.5. The fourth-order valence-corrected chi connectivity index (χ4v) is 2.25. The predicted octanol–water partition coefficient (Wildman–Crippen LogP) is 3.33. The number of hydrogen-bond donors (Lipinski definition) is 0. The number of halogens is 1. The van der Waals surface area contributed by atoms with Crippen LogP contribution in [-0.2, 0) is 11.3 Å². The molecule has 15 heavy (non-hydrogen) atoms. The fraction of sp³-hybridized carbons (Fsp3) is 0.364. The van der Waals surface area contributed by atoms with Crippen LogP contribution in [0.3, 0.4) is 0 Å². The Hall–Kier alpha value is -0.800. The van der Waals surface area contributed by atoms with Crippen molar-refractivity contribution < 1.29 is 4.79 Å². The van der Waals surface area contributed by atoms with Crippen LogP contribution in [0.1, 0.15) is 18.7 Å². The highest BCUT2D eigenvalue weighted by Gasteiger charge is 2.07. The molecule has 0 aromatic carbocycles. The lowest BCUT2D eigenvalue weighted by atomic mass is 10.3. The zero-order valence-corrected chi connectivity index (χ0v) is 10.7. The first kappa shape index (κ1) is 12.3. The molecule has 0 unspecified atom stereocenters. The summed E-state index contributed by atoms with van der Waals surface area (Å²) in [6, 6.07) is 3.79. The van der Waals surface area contributed by atoms with Crippen molar-refractivity contribution in [2.75, 3.05) is 7.05 Å². The molecule has 82 valence electrons. The summed E-state index contributed by atoms with van der Waals surface area (Å²) in [7, 11) is 1.79. The smallest absolute Gasteiger partial charge is 0.246 e. The maximum Gasteiger partial charge on any atom is 0.246 e. The summed E-state index contributed by atoms with van der Waals surface area (Å²) in [5.41, 5.74) is 1.01. The number of carbonyl (C=O) groups excluding carboxylic acids is 1. The van der Waals surface area contributed by atoms with E-state index in [2.05, 4.69) is 0 Å². The maximum absolute atomic E-state index is 11.6. The van der Waals surface area contributed by atoms with E-state index in [0.717, 1.165) is 14.8 Å². The third kappa shape index (κ3) is 4.06. The van der Waals surface area contributed by atoms with Gasteiger partial charge in [0.15, 0.2) is 0 Å². The summed E-state index contributed by atoms with van der Waals surface area (Å²) in [4.78, 5) is 14.4. The first-order valence-corrected chi connectivity index (χ1v) is 5.82. The summed E-state index contributed by atoms with van der Waals surface area (Å²) in [6.07, 6.45) is 1.63. The van der Waals surface area contributed by atoms with E-state index < -0.39 is 0 Å². The second-order valence-corrected chi connectivity index (χ2v) is 5.42. The molecule has 0 atom stereocenters. The van der Waals surface area contributed by atoms with Crippen molar-refractivity contribution in [3.05, 3.63) is 33.0 Å². The van der Waals surface area contributed by atoms with Crippen LogP contribution < -0.4 is 0 Å². The van der Waals surface area contributed by atoms with E-state index in [-0.39, 0.29) is 5.91 Å². The number of thiophene rings is 1. The van der Waals surface area contributed by atoms with E-state index in [9.17, 15) is 4.79 Å². The average Bonchev–Trinajstić information content (AvgIpc) is 2.50. The van der Waals surface area contributed by atoms with Crippen LogP contribution in [0, 0.1) is 0 Å². The van der Waals surface area contributed by atoms with Gasteiger partial charge in [-0.1, -0.05) is 17.2 Å². The quantitative estimate of drug-likeness (QED) is 0.746. The summed E-state index contributed by atoms with van der Waals surface area (Å²) < 4.78 is 0.757. The van der Waals surface area contributed by atoms with Crippen molar-refractivity contribution in [2.45, 2.75) is 20.4 Å². The molecular weight excluding hydrogens is 230 g/mol. The predicted molar refractivity (Wildman–Crippen MR) is 65.2 cm³/mol. The topological polar surface area (TPSA) is 20.3 Å². The Morgan fingerprint density at radius 2 is 2.20 bits per heavy atom. The van der Waals surface area contributed by atoms with Crippen molar-refractivity contribution in [3.63, 3.8) is 0 Å². The van der Waals surface area contributed by atoms with Crippen molar-refractivity contribution in [1.29, 1.82) is 0 Å². The summed E-state index contributed by atoms with van der Waals surface area (Å²) in [5.74, 6) is 0.0273. The number of amides is 1. The van der Waals surface area contributed by atoms with E-state index in [4.69, 9.17) is 11.6 Å². The molecule has 0 spiro atoms. The summed E-state index contributed by atoms with van der Waals surface area (Å²) >= 11 is 7.31. The van der Waals surface area contributed by atoms with Gasteiger partial charge in [-0.25, -0.2) is 0 Å². The van der Waals surface area contributed by atoms with Crippen molar-refractivity contribution in [1.82, 2.24) is 4.90 Å². The van der Waals surface area contributed by atoms with Crippen LogP contribution in [0.15, 0.2) is 23.8 Å². The number of rotatable bonds is 3. The van der Waals surface area contributed by atoms with E-state index in [1.165, 1.54) is 11.3 Å². The van der Waals surface area contributed by atoms with Crippen LogP contribution in [-0.4, -0.2) is 17.9 Å². The third-order valence-corrected chi connectivity index (χ3v) is 3.03. The standard InChI is InChI=1S/C11H14ClNOS/c1-8(2)6-11(14)13(3)7-9-4-5-10(12)15-9/h4-6H,7H2,1-3H3. The normalized spacial score (nSPS) is 9.87. The van der Waals surface area contributed by atoms with Gasteiger partial charge in [0.1, 0.15) is 0 Å². The number of allylic oxidation sites excluding steroid dienone is 1. The van der Waals surface area contributed by atoms with Gasteiger partial charge in [-0.2, -0.15) is 0 Å². The molecule has 0 radical (unpaired) electrons. The monoisotopic (exact) mass is 243 g/mol. The van der Waals surface area contributed by atoms with Gasteiger partial charge in [-0.3, -0.25) is 4.79 Å². The minimum Gasteiger partial charge on any atom is -0.337 e. The molecule has 1 amide bonds. The molecule has 0 N–H and O–H groups in total. The van der Waals surface area contributed by atoms with Crippen LogP contribution in [0.2, 0.25) is 4.34 Å². The van der Waals surface area contributed by atoms with Gasteiger partial charge in [0.2, 0.25) is 5.91 Å². The SMILES string of the molecule is CC(C)=CC(=O)N(C)Cc1ccc(Cl)s1. The van der Waals surface area contributed by atoms with Crippen LogP contribution >= 0.6 is 22.9 Å². The van der Waals surface area contributed by atoms with Crippen LogP contribution in [0.25, 0.3) is 0 Å².